The lowest BCUT2D eigenvalue weighted by Crippen LogP contribution is -2.39. The Bertz CT molecular complexity index is 371. The fraction of sp³-hybridized carbons (Fsp3) is 0.684. The van der Waals surface area contributed by atoms with Gasteiger partial charge >= 0.3 is 8.56 Å². The normalized spacial score (nSPS) is 11.0. The molecule has 140 valence electrons. The quantitative estimate of drug-likeness (QED) is 0.416. The molecule has 0 saturated heterocycles. The van der Waals surface area contributed by atoms with Crippen molar-refractivity contribution in [2.75, 3.05) is 32.8 Å². The number of nitrogens with one attached hydrogen (secondary N) is 2. The van der Waals surface area contributed by atoms with Crippen LogP contribution in [0.25, 0.3) is 0 Å². The molecule has 0 aliphatic heterocycles. The molecule has 0 saturated carbocycles. The Morgan fingerprint density at radius 3 is 2.04 bits per heavy atom. The number of benzene rings is 1. The highest BCUT2D eigenvalue weighted by Gasteiger charge is 2.29. The van der Waals surface area contributed by atoms with Gasteiger partial charge in [0.25, 0.3) is 0 Å². The van der Waals surface area contributed by atoms with Gasteiger partial charge in [-0.15, -0.1) is 0 Å². The molecular weight excluding hydrogens is 316 g/mol. The smallest absolute Gasteiger partial charge is 0.334 e. The maximum Gasteiger partial charge on any atom is 0.334 e. The first-order chi connectivity index (χ1) is 11.7. The minimum atomic E-state index is -1.92. The van der Waals surface area contributed by atoms with E-state index in [2.05, 4.69) is 41.4 Å². The first kappa shape index (κ1) is 23.3. The molecule has 0 spiro atoms. The summed E-state index contributed by atoms with van der Waals surface area (Å²) in [5, 5.41) is 6.92. The molecular formula is C19H38N2O2Si. The minimum absolute atomic E-state index is 0.750. The average molecular weight is 355 g/mol. The van der Waals surface area contributed by atoms with Gasteiger partial charge in [-0.3, -0.25) is 0 Å². The van der Waals surface area contributed by atoms with Crippen LogP contribution in [0.2, 0.25) is 12.6 Å². The van der Waals surface area contributed by atoms with Crippen molar-refractivity contribution >= 4 is 8.56 Å². The van der Waals surface area contributed by atoms with Gasteiger partial charge < -0.3 is 19.5 Å². The highest BCUT2D eigenvalue weighted by molar-refractivity contribution is 6.66. The third-order valence-electron chi connectivity index (χ3n) is 3.53. The molecule has 5 heteroatoms. The van der Waals surface area contributed by atoms with E-state index in [0.717, 1.165) is 51.9 Å². The number of hydrogen-bond donors (Lipinski definition) is 2. The van der Waals surface area contributed by atoms with Crippen molar-refractivity contribution in [1.29, 1.82) is 0 Å². The van der Waals surface area contributed by atoms with Crippen molar-refractivity contribution in [3.05, 3.63) is 35.9 Å². The van der Waals surface area contributed by atoms with Crippen molar-refractivity contribution in [3.63, 3.8) is 0 Å². The molecule has 1 rings (SSSR count). The molecule has 2 N–H and O–H groups in total. The van der Waals surface area contributed by atoms with Crippen LogP contribution in [0, 0.1) is 0 Å². The zero-order valence-electron chi connectivity index (χ0n) is 16.4. The molecule has 0 fully saturated rings. The van der Waals surface area contributed by atoms with Crippen molar-refractivity contribution in [3.8, 4) is 0 Å². The van der Waals surface area contributed by atoms with E-state index in [1.54, 1.807) is 0 Å². The molecule has 0 radical (unpaired) electrons. The van der Waals surface area contributed by atoms with Crippen LogP contribution in [0.1, 0.15) is 39.7 Å². The van der Waals surface area contributed by atoms with E-state index in [0.29, 0.717) is 0 Å². The van der Waals surface area contributed by atoms with Crippen LogP contribution in [-0.2, 0) is 15.4 Å². The summed E-state index contributed by atoms with van der Waals surface area (Å²) in [7, 11) is -1.92. The third kappa shape index (κ3) is 11.8. The summed E-state index contributed by atoms with van der Waals surface area (Å²) < 4.78 is 11.7. The van der Waals surface area contributed by atoms with Crippen molar-refractivity contribution in [1.82, 2.24) is 10.6 Å². The van der Waals surface area contributed by atoms with Crippen LogP contribution in [0.4, 0.5) is 0 Å². The minimum Gasteiger partial charge on any atom is -0.395 e. The first-order valence-electron chi connectivity index (χ1n) is 9.43. The van der Waals surface area contributed by atoms with E-state index in [4.69, 9.17) is 8.85 Å². The molecule has 0 bridgehead atoms. The monoisotopic (exact) mass is 354 g/mol. The predicted octanol–water partition coefficient (Wildman–Crippen LogP) is 3.93. The molecule has 0 heterocycles. The van der Waals surface area contributed by atoms with E-state index in [1.807, 2.05) is 33.8 Å². The van der Waals surface area contributed by atoms with Gasteiger partial charge in [0, 0.05) is 32.8 Å². The second-order valence-corrected chi connectivity index (χ2v) is 8.86. The van der Waals surface area contributed by atoms with Gasteiger partial charge in [0.15, 0.2) is 0 Å². The Morgan fingerprint density at radius 1 is 0.875 bits per heavy atom. The predicted molar refractivity (Wildman–Crippen MR) is 107 cm³/mol. The van der Waals surface area contributed by atoms with Gasteiger partial charge in [-0.2, -0.15) is 0 Å². The van der Waals surface area contributed by atoms with E-state index in [1.165, 1.54) is 5.56 Å². The maximum atomic E-state index is 5.84. The lowest BCUT2D eigenvalue weighted by Gasteiger charge is -2.25. The molecule has 1 aromatic rings. The van der Waals surface area contributed by atoms with E-state index in [9.17, 15) is 0 Å². The second-order valence-electron chi connectivity index (χ2n) is 5.52. The average Bonchev–Trinajstić information content (AvgIpc) is 2.60. The Labute approximate surface area is 150 Å². The van der Waals surface area contributed by atoms with Gasteiger partial charge in [-0.05, 0) is 45.0 Å². The first-order valence-corrected chi connectivity index (χ1v) is 12.0. The standard InChI is InChI=1S/C17H32N2O2Si.C2H6/c1-4-20-22(3,21-5-2)15-9-12-18-13-14-19-16-17-10-7-6-8-11-17;1-2/h6-8,10-11,18-19H,4-5,9,12-16H2,1-3H3;1-2H3. The lowest BCUT2D eigenvalue weighted by atomic mass is 10.2. The SMILES string of the molecule is CC.CCO[Si](C)(CCCNCCNCc1ccccc1)OCC. The van der Waals surface area contributed by atoms with Gasteiger partial charge in [0.1, 0.15) is 0 Å². The molecule has 24 heavy (non-hydrogen) atoms. The lowest BCUT2D eigenvalue weighted by molar-refractivity contribution is 0.188. The topological polar surface area (TPSA) is 42.5 Å². The van der Waals surface area contributed by atoms with E-state index < -0.39 is 8.56 Å². The Morgan fingerprint density at radius 2 is 1.46 bits per heavy atom. The van der Waals surface area contributed by atoms with Gasteiger partial charge in [-0.1, -0.05) is 44.2 Å². The summed E-state index contributed by atoms with van der Waals surface area (Å²) in [4.78, 5) is 0. The Balaban J connectivity index is 0.00000254. The van der Waals surface area contributed by atoms with Crippen LogP contribution in [0.3, 0.4) is 0 Å². The summed E-state index contributed by atoms with van der Waals surface area (Å²) in [5.41, 5.74) is 1.33. The fourth-order valence-corrected chi connectivity index (χ4v) is 4.87. The molecule has 0 aromatic heterocycles. The molecule has 0 aliphatic rings. The molecule has 0 amide bonds. The van der Waals surface area contributed by atoms with Crippen LogP contribution in [-0.4, -0.2) is 41.4 Å². The Hall–Kier alpha value is -0.723. The highest BCUT2D eigenvalue weighted by atomic mass is 28.4. The summed E-state index contributed by atoms with van der Waals surface area (Å²) in [6.45, 7) is 15.7. The summed E-state index contributed by atoms with van der Waals surface area (Å²) >= 11 is 0. The molecule has 0 unspecified atom stereocenters. The Kier molecular flexibility index (Phi) is 15.3. The van der Waals surface area contributed by atoms with E-state index >= 15 is 0 Å². The van der Waals surface area contributed by atoms with Gasteiger partial charge in [0.2, 0.25) is 0 Å². The zero-order chi connectivity index (χ0) is 18.1. The third-order valence-corrected chi connectivity index (χ3v) is 6.59. The number of rotatable bonds is 13. The highest BCUT2D eigenvalue weighted by Crippen LogP contribution is 2.15. The van der Waals surface area contributed by atoms with E-state index in [-0.39, 0.29) is 0 Å². The maximum absolute atomic E-state index is 5.84. The molecule has 1 aromatic carbocycles. The summed E-state index contributed by atoms with van der Waals surface area (Å²) in [6, 6.07) is 11.5. The van der Waals surface area contributed by atoms with Crippen molar-refractivity contribution in [2.24, 2.45) is 0 Å². The van der Waals surface area contributed by atoms with Crippen LogP contribution < -0.4 is 10.6 Å². The second kappa shape index (κ2) is 15.8. The van der Waals surface area contributed by atoms with Crippen molar-refractivity contribution in [2.45, 2.75) is 53.3 Å². The van der Waals surface area contributed by atoms with Crippen LogP contribution in [0.15, 0.2) is 30.3 Å². The van der Waals surface area contributed by atoms with Crippen LogP contribution in [0.5, 0.6) is 0 Å². The zero-order valence-corrected chi connectivity index (χ0v) is 17.4. The fourth-order valence-electron chi connectivity index (χ4n) is 2.46. The summed E-state index contributed by atoms with van der Waals surface area (Å²) in [5.74, 6) is 0. The molecule has 0 atom stereocenters. The van der Waals surface area contributed by atoms with Crippen LogP contribution >= 0.6 is 0 Å². The largest absolute Gasteiger partial charge is 0.395 e. The number of hydrogen-bond acceptors (Lipinski definition) is 4. The van der Waals surface area contributed by atoms with Gasteiger partial charge in [0.05, 0.1) is 0 Å². The van der Waals surface area contributed by atoms with Gasteiger partial charge in [-0.25, -0.2) is 0 Å². The van der Waals surface area contributed by atoms with Crippen molar-refractivity contribution < 1.29 is 8.85 Å². The summed E-state index contributed by atoms with van der Waals surface area (Å²) in [6.07, 6.45) is 1.11. The molecule has 0 aliphatic carbocycles. The molecule has 4 nitrogen and oxygen atoms in total.